The summed E-state index contributed by atoms with van der Waals surface area (Å²) < 4.78 is 14.7. The van der Waals surface area contributed by atoms with Gasteiger partial charge in [-0.15, -0.1) is 0 Å². The molecule has 22 heavy (non-hydrogen) atoms. The third-order valence-electron chi connectivity index (χ3n) is 4.92. The summed E-state index contributed by atoms with van der Waals surface area (Å²) in [4.78, 5) is 0. The Balaban J connectivity index is 2.01. The Morgan fingerprint density at radius 1 is 1.05 bits per heavy atom. The van der Waals surface area contributed by atoms with Crippen molar-refractivity contribution in [2.45, 2.75) is 59.3 Å². The van der Waals surface area contributed by atoms with Crippen molar-refractivity contribution in [3.8, 4) is 0 Å². The molecule has 1 aromatic heterocycles. The van der Waals surface area contributed by atoms with Crippen molar-refractivity contribution in [2.24, 2.45) is 5.92 Å². The number of rotatable bonds is 3. The highest BCUT2D eigenvalue weighted by Gasteiger charge is 2.52. The molecule has 3 rings (SSSR count). The van der Waals surface area contributed by atoms with Gasteiger partial charge in [0.15, 0.2) is 0 Å². The van der Waals surface area contributed by atoms with Gasteiger partial charge in [-0.05, 0) is 56.6 Å². The molecule has 1 aliphatic heterocycles. The smallest absolute Gasteiger partial charge is 0.399 e. The minimum atomic E-state index is -0.305. The highest BCUT2D eigenvalue weighted by molar-refractivity contribution is 6.65. The largest absolute Gasteiger partial charge is 0.495 e. The number of nitrogens with zero attached hydrogens (tertiary/aromatic N) is 1. The Kier molecular flexibility index (Phi) is 3.65. The molecule has 0 atom stereocenters. The first-order valence-electron chi connectivity index (χ1n) is 8.15. The standard InChI is InChI=1S/C18H26BNO2/c1-13(2)12-20-11-10-14-15(8-7-9-16(14)20)19-21-17(3,4)18(5,6)22-19/h7-11,13H,12H2,1-6H3. The van der Waals surface area contributed by atoms with E-state index in [1.165, 1.54) is 10.9 Å². The number of benzene rings is 1. The molecule has 0 amide bonds. The molecule has 0 unspecified atom stereocenters. The van der Waals surface area contributed by atoms with Crippen LogP contribution in [0, 0.1) is 5.92 Å². The molecule has 0 bridgehead atoms. The first kappa shape index (κ1) is 15.6. The molecular weight excluding hydrogens is 273 g/mol. The third kappa shape index (κ3) is 2.48. The first-order chi connectivity index (χ1) is 10.2. The zero-order valence-corrected chi connectivity index (χ0v) is 14.5. The number of hydrogen-bond donors (Lipinski definition) is 0. The summed E-state index contributed by atoms with van der Waals surface area (Å²) in [5.74, 6) is 0.621. The molecule has 1 saturated heterocycles. The van der Waals surface area contributed by atoms with E-state index in [0.29, 0.717) is 5.92 Å². The van der Waals surface area contributed by atoms with E-state index in [4.69, 9.17) is 9.31 Å². The molecule has 0 aliphatic carbocycles. The van der Waals surface area contributed by atoms with Crippen LogP contribution in [-0.4, -0.2) is 22.9 Å². The van der Waals surface area contributed by atoms with Crippen LogP contribution in [0.2, 0.25) is 0 Å². The normalized spacial score (nSPS) is 20.2. The monoisotopic (exact) mass is 299 g/mol. The highest BCUT2D eigenvalue weighted by atomic mass is 16.7. The van der Waals surface area contributed by atoms with Gasteiger partial charge in [0, 0.05) is 18.3 Å². The average Bonchev–Trinajstić information content (AvgIpc) is 2.88. The van der Waals surface area contributed by atoms with Crippen molar-refractivity contribution in [1.29, 1.82) is 0 Å². The molecule has 2 aromatic rings. The van der Waals surface area contributed by atoms with Crippen molar-refractivity contribution < 1.29 is 9.31 Å². The predicted molar refractivity (Wildman–Crippen MR) is 92.5 cm³/mol. The van der Waals surface area contributed by atoms with Crippen LogP contribution >= 0.6 is 0 Å². The van der Waals surface area contributed by atoms with Gasteiger partial charge >= 0.3 is 7.12 Å². The van der Waals surface area contributed by atoms with Crippen molar-refractivity contribution in [3.63, 3.8) is 0 Å². The molecule has 118 valence electrons. The van der Waals surface area contributed by atoms with E-state index in [9.17, 15) is 0 Å². The summed E-state index contributed by atoms with van der Waals surface area (Å²) in [5, 5.41) is 1.22. The van der Waals surface area contributed by atoms with E-state index in [2.05, 4.69) is 76.6 Å². The molecule has 2 heterocycles. The van der Waals surface area contributed by atoms with Crippen LogP contribution in [0.25, 0.3) is 10.9 Å². The molecule has 1 aliphatic rings. The Labute approximate surface area is 133 Å². The van der Waals surface area contributed by atoms with E-state index in [0.717, 1.165) is 12.0 Å². The van der Waals surface area contributed by atoms with E-state index < -0.39 is 0 Å². The van der Waals surface area contributed by atoms with Gasteiger partial charge in [0.25, 0.3) is 0 Å². The maximum absolute atomic E-state index is 6.22. The molecule has 3 nitrogen and oxygen atoms in total. The summed E-state index contributed by atoms with van der Waals surface area (Å²) >= 11 is 0. The lowest BCUT2D eigenvalue weighted by atomic mass is 9.77. The first-order valence-corrected chi connectivity index (χ1v) is 8.15. The Morgan fingerprint density at radius 2 is 1.68 bits per heavy atom. The van der Waals surface area contributed by atoms with Crippen LogP contribution in [0.3, 0.4) is 0 Å². The second kappa shape index (κ2) is 5.14. The molecular formula is C18H26BNO2. The molecule has 1 fully saturated rings. The number of aromatic nitrogens is 1. The van der Waals surface area contributed by atoms with Crippen LogP contribution in [0.15, 0.2) is 30.5 Å². The highest BCUT2D eigenvalue weighted by Crippen LogP contribution is 2.37. The molecule has 0 saturated carbocycles. The maximum Gasteiger partial charge on any atom is 0.495 e. The summed E-state index contributed by atoms with van der Waals surface area (Å²) in [6.45, 7) is 13.9. The molecule has 0 spiro atoms. The van der Waals surface area contributed by atoms with Crippen LogP contribution in [0.5, 0.6) is 0 Å². The fraction of sp³-hybridized carbons (Fsp3) is 0.556. The van der Waals surface area contributed by atoms with Gasteiger partial charge in [0.1, 0.15) is 0 Å². The Bertz CT molecular complexity index is 671. The number of fused-ring (bicyclic) bond motifs is 1. The number of hydrogen-bond acceptors (Lipinski definition) is 2. The lowest BCUT2D eigenvalue weighted by Gasteiger charge is -2.32. The van der Waals surface area contributed by atoms with E-state index >= 15 is 0 Å². The average molecular weight is 299 g/mol. The second-order valence-corrected chi connectivity index (χ2v) is 7.73. The SMILES string of the molecule is CC(C)Cn1ccc2c(B3OC(C)(C)C(C)(C)O3)cccc21. The zero-order chi connectivity index (χ0) is 16.1. The summed E-state index contributed by atoms with van der Waals surface area (Å²) in [7, 11) is -0.302. The van der Waals surface area contributed by atoms with Crippen LogP contribution < -0.4 is 5.46 Å². The summed E-state index contributed by atoms with van der Waals surface area (Å²) in [5.41, 5.74) is 1.76. The van der Waals surface area contributed by atoms with Gasteiger partial charge in [-0.1, -0.05) is 26.0 Å². The van der Waals surface area contributed by atoms with Gasteiger partial charge < -0.3 is 13.9 Å². The van der Waals surface area contributed by atoms with Crippen LogP contribution in [0.1, 0.15) is 41.5 Å². The van der Waals surface area contributed by atoms with Crippen molar-refractivity contribution >= 4 is 23.5 Å². The van der Waals surface area contributed by atoms with Crippen molar-refractivity contribution in [1.82, 2.24) is 4.57 Å². The van der Waals surface area contributed by atoms with E-state index in [-0.39, 0.29) is 18.3 Å². The Hall–Kier alpha value is -1.26. The predicted octanol–water partition coefficient (Wildman–Crippen LogP) is 3.60. The zero-order valence-electron chi connectivity index (χ0n) is 14.5. The van der Waals surface area contributed by atoms with Gasteiger partial charge in [-0.25, -0.2) is 0 Å². The van der Waals surface area contributed by atoms with E-state index in [1.807, 2.05) is 0 Å². The summed E-state index contributed by atoms with van der Waals surface area (Å²) in [6.07, 6.45) is 2.17. The molecule has 4 heteroatoms. The van der Waals surface area contributed by atoms with Crippen LogP contribution in [-0.2, 0) is 15.9 Å². The maximum atomic E-state index is 6.22. The van der Waals surface area contributed by atoms with Gasteiger partial charge in [0.2, 0.25) is 0 Å². The quantitative estimate of drug-likeness (QED) is 0.808. The fourth-order valence-electron chi connectivity index (χ4n) is 2.98. The molecule has 0 N–H and O–H groups in total. The van der Waals surface area contributed by atoms with Crippen molar-refractivity contribution in [2.75, 3.05) is 0 Å². The van der Waals surface area contributed by atoms with Crippen LogP contribution in [0.4, 0.5) is 0 Å². The fourth-order valence-corrected chi connectivity index (χ4v) is 2.98. The lowest BCUT2D eigenvalue weighted by molar-refractivity contribution is 0.00578. The second-order valence-electron chi connectivity index (χ2n) is 7.73. The summed E-state index contributed by atoms with van der Waals surface area (Å²) in [6, 6.07) is 8.56. The van der Waals surface area contributed by atoms with Gasteiger partial charge in [-0.2, -0.15) is 0 Å². The molecule has 1 aromatic carbocycles. The Morgan fingerprint density at radius 3 is 2.27 bits per heavy atom. The van der Waals surface area contributed by atoms with Gasteiger partial charge in [-0.3, -0.25) is 0 Å². The minimum absolute atomic E-state index is 0.302. The van der Waals surface area contributed by atoms with E-state index in [1.54, 1.807) is 0 Å². The third-order valence-corrected chi connectivity index (χ3v) is 4.92. The lowest BCUT2D eigenvalue weighted by Crippen LogP contribution is -2.41. The molecule has 0 radical (unpaired) electrons. The topological polar surface area (TPSA) is 23.4 Å². The minimum Gasteiger partial charge on any atom is -0.399 e. The van der Waals surface area contributed by atoms with Crippen molar-refractivity contribution in [3.05, 3.63) is 30.5 Å². The van der Waals surface area contributed by atoms with Gasteiger partial charge in [0.05, 0.1) is 11.2 Å².